The summed E-state index contributed by atoms with van der Waals surface area (Å²) in [5.41, 5.74) is 1.25. The zero-order valence-electron chi connectivity index (χ0n) is 14.3. The third kappa shape index (κ3) is 7.48. The highest BCUT2D eigenvalue weighted by Crippen LogP contribution is 2.24. The van der Waals surface area contributed by atoms with Crippen molar-refractivity contribution in [1.29, 1.82) is 0 Å². The lowest BCUT2D eigenvalue weighted by Crippen LogP contribution is -2.32. The normalized spacial score (nSPS) is 12.5. The number of ether oxygens (including phenoxy) is 1. The van der Waals surface area contributed by atoms with Crippen LogP contribution >= 0.6 is 11.6 Å². The van der Waals surface area contributed by atoms with Gasteiger partial charge in [-0.05, 0) is 35.7 Å². The summed E-state index contributed by atoms with van der Waals surface area (Å²) in [4.78, 5) is 12.1. The van der Waals surface area contributed by atoms with Gasteiger partial charge in [0.25, 0.3) is 0 Å². The number of alkyl halides is 3. The van der Waals surface area contributed by atoms with Crippen molar-refractivity contribution in [3.05, 3.63) is 64.7 Å². The Labute approximate surface area is 159 Å². The number of rotatable bonds is 8. The first-order valence-electron chi connectivity index (χ1n) is 8.22. The number of amides is 1. The first-order chi connectivity index (χ1) is 12.8. The second-order valence-corrected chi connectivity index (χ2v) is 6.43. The fourth-order valence-electron chi connectivity index (χ4n) is 2.54. The van der Waals surface area contributed by atoms with Gasteiger partial charge < -0.3 is 15.2 Å². The van der Waals surface area contributed by atoms with Gasteiger partial charge in [0, 0.05) is 24.1 Å². The number of hydrogen-bond donors (Lipinski definition) is 2. The van der Waals surface area contributed by atoms with Gasteiger partial charge in [-0.15, -0.1) is 13.2 Å². The molecule has 146 valence electrons. The summed E-state index contributed by atoms with van der Waals surface area (Å²) in [6.07, 6.45) is -4.37. The van der Waals surface area contributed by atoms with Crippen molar-refractivity contribution in [3.63, 3.8) is 0 Å². The first-order valence-corrected chi connectivity index (χ1v) is 8.60. The van der Waals surface area contributed by atoms with E-state index in [-0.39, 0.29) is 43.6 Å². The number of halogens is 4. The molecule has 0 saturated heterocycles. The van der Waals surface area contributed by atoms with Crippen LogP contribution in [0.3, 0.4) is 0 Å². The second-order valence-electron chi connectivity index (χ2n) is 6.02. The molecule has 0 heterocycles. The fourth-order valence-corrected chi connectivity index (χ4v) is 2.74. The molecule has 1 amide bonds. The van der Waals surface area contributed by atoms with Crippen molar-refractivity contribution < 1.29 is 27.8 Å². The van der Waals surface area contributed by atoms with Crippen molar-refractivity contribution in [2.75, 3.05) is 13.2 Å². The van der Waals surface area contributed by atoms with Crippen LogP contribution in [0, 0.1) is 5.92 Å². The monoisotopic (exact) mass is 401 g/mol. The molecule has 0 fully saturated rings. The summed E-state index contributed by atoms with van der Waals surface area (Å²) in [6, 6.07) is 12.5. The minimum absolute atomic E-state index is 0.104. The molecule has 4 nitrogen and oxygen atoms in total. The number of carbonyl (C=O) groups excluding carboxylic acids is 1. The highest BCUT2D eigenvalue weighted by atomic mass is 35.5. The van der Waals surface area contributed by atoms with Crippen LogP contribution in [-0.4, -0.2) is 30.5 Å². The maximum Gasteiger partial charge on any atom is 0.573 e. The maximum atomic E-state index is 12.3. The standard InChI is InChI=1S/C19H19ClF3NO3/c20-17-7-2-1-5-15(17)10-18(26)24-11-14(12-25)8-13-4-3-6-16(9-13)27-19(21,22)23/h1-7,9,14,25H,8,10-12H2,(H,24,26)/t14-/m0/s1. The minimum Gasteiger partial charge on any atom is -0.406 e. The van der Waals surface area contributed by atoms with Crippen LogP contribution in [0.15, 0.2) is 48.5 Å². The van der Waals surface area contributed by atoms with Gasteiger partial charge in [0.2, 0.25) is 5.91 Å². The van der Waals surface area contributed by atoms with Gasteiger partial charge in [-0.3, -0.25) is 4.79 Å². The molecule has 2 aromatic carbocycles. The van der Waals surface area contributed by atoms with E-state index >= 15 is 0 Å². The van der Waals surface area contributed by atoms with E-state index in [4.69, 9.17) is 11.6 Å². The van der Waals surface area contributed by atoms with E-state index in [0.717, 1.165) is 0 Å². The van der Waals surface area contributed by atoms with Crippen molar-refractivity contribution in [3.8, 4) is 5.75 Å². The lowest BCUT2D eigenvalue weighted by atomic mass is 9.99. The van der Waals surface area contributed by atoms with Crippen LogP contribution in [0.25, 0.3) is 0 Å². The van der Waals surface area contributed by atoms with E-state index in [2.05, 4.69) is 10.1 Å². The average molecular weight is 402 g/mol. The highest BCUT2D eigenvalue weighted by Gasteiger charge is 2.31. The van der Waals surface area contributed by atoms with E-state index in [1.165, 1.54) is 18.2 Å². The van der Waals surface area contributed by atoms with Crippen molar-refractivity contribution in [2.24, 2.45) is 5.92 Å². The van der Waals surface area contributed by atoms with Gasteiger partial charge in [-0.1, -0.05) is 41.9 Å². The Hall–Kier alpha value is -2.25. The molecule has 0 bridgehead atoms. The molecule has 1 atom stereocenters. The van der Waals surface area contributed by atoms with Crippen molar-refractivity contribution in [1.82, 2.24) is 5.32 Å². The van der Waals surface area contributed by atoms with Gasteiger partial charge in [0.15, 0.2) is 0 Å². The van der Waals surface area contributed by atoms with Crippen LogP contribution in [0.2, 0.25) is 5.02 Å². The van der Waals surface area contributed by atoms with E-state index in [0.29, 0.717) is 16.1 Å². The Morgan fingerprint density at radius 1 is 1.19 bits per heavy atom. The Morgan fingerprint density at radius 2 is 1.93 bits per heavy atom. The molecule has 0 aliphatic rings. The van der Waals surface area contributed by atoms with E-state index < -0.39 is 6.36 Å². The minimum atomic E-state index is -4.76. The Bertz CT molecular complexity index is 768. The largest absolute Gasteiger partial charge is 0.573 e. The summed E-state index contributed by atoms with van der Waals surface area (Å²) >= 11 is 6.01. The Balaban J connectivity index is 1.89. The van der Waals surface area contributed by atoms with Gasteiger partial charge in [0.05, 0.1) is 6.42 Å². The lowest BCUT2D eigenvalue weighted by Gasteiger charge is -2.16. The molecule has 2 rings (SSSR count). The quantitative estimate of drug-likeness (QED) is 0.708. The molecule has 8 heteroatoms. The van der Waals surface area contributed by atoms with Gasteiger partial charge in [0.1, 0.15) is 5.75 Å². The van der Waals surface area contributed by atoms with Crippen molar-refractivity contribution in [2.45, 2.75) is 19.2 Å². The summed E-state index contributed by atoms with van der Waals surface area (Å²) in [5.74, 6) is -0.920. The van der Waals surface area contributed by atoms with Crippen LogP contribution < -0.4 is 10.1 Å². The first kappa shape index (κ1) is 21.1. The summed E-state index contributed by atoms with van der Waals surface area (Å²) in [5, 5.41) is 12.7. The zero-order chi connectivity index (χ0) is 19.9. The highest BCUT2D eigenvalue weighted by molar-refractivity contribution is 6.31. The number of nitrogens with one attached hydrogen (secondary N) is 1. The average Bonchev–Trinajstić information content (AvgIpc) is 2.59. The molecule has 0 radical (unpaired) electrons. The smallest absolute Gasteiger partial charge is 0.406 e. The zero-order valence-corrected chi connectivity index (χ0v) is 15.1. The molecule has 0 unspecified atom stereocenters. The molecule has 0 aromatic heterocycles. The van der Waals surface area contributed by atoms with E-state index in [1.54, 1.807) is 30.3 Å². The van der Waals surface area contributed by atoms with Gasteiger partial charge in [-0.2, -0.15) is 0 Å². The van der Waals surface area contributed by atoms with Gasteiger partial charge >= 0.3 is 6.36 Å². The number of benzene rings is 2. The van der Waals surface area contributed by atoms with Crippen LogP contribution in [0.5, 0.6) is 5.75 Å². The topological polar surface area (TPSA) is 58.6 Å². The van der Waals surface area contributed by atoms with Crippen LogP contribution in [0.1, 0.15) is 11.1 Å². The maximum absolute atomic E-state index is 12.3. The van der Waals surface area contributed by atoms with E-state index in [1.807, 2.05) is 0 Å². The predicted molar refractivity (Wildman–Crippen MR) is 95.6 cm³/mol. The third-order valence-corrected chi connectivity index (χ3v) is 4.18. The molecular weight excluding hydrogens is 383 g/mol. The second kappa shape index (κ2) is 9.62. The fraction of sp³-hybridized carbons (Fsp3) is 0.316. The summed E-state index contributed by atoms with van der Waals surface area (Å²) in [7, 11) is 0. The van der Waals surface area contributed by atoms with Gasteiger partial charge in [-0.25, -0.2) is 0 Å². The number of hydrogen-bond acceptors (Lipinski definition) is 3. The molecule has 2 aromatic rings. The van der Waals surface area contributed by atoms with Crippen molar-refractivity contribution >= 4 is 17.5 Å². The third-order valence-electron chi connectivity index (χ3n) is 3.81. The molecular formula is C19H19ClF3NO3. The molecule has 0 saturated carbocycles. The molecule has 0 aliphatic heterocycles. The molecule has 2 N–H and O–H groups in total. The molecule has 0 aliphatic carbocycles. The number of carbonyl (C=O) groups is 1. The SMILES string of the molecule is O=C(Cc1ccccc1Cl)NC[C@@H](CO)Cc1cccc(OC(F)(F)F)c1. The Morgan fingerprint density at radius 3 is 2.59 bits per heavy atom. The molecule has 27 heavy (non-hydrogen) atoms. The lowest BCUT2D eigenvalue weighted by molar-refractivity contribution is -0.274. The summed E-state index contributed by atoms with van der Waals surface area (Å²) < 4.78 is 40.8. The summed E-state index contributed by atoms with van der Waals surface area (Å²) in [6.45, 7) is -0.0408. The van der Waals surface area contributed by atoms with Crippen LogP contribution in [-0.2, 0) is 17.6 Å². The number of aliphatic hydroxyl groups excluding tert-OH is 1. The van der Waals surface area contributed by atoms with Crippen LogP contribution in [0.4, 0.5) is 13.2 Å². The predicted octanol–water partition coefficient (Wildman–Crippen LogP) is 3.75. The molecule has 0 spiro atoms. The number of aliphatic hydroxyl groups is 1. The van der Waals surface area contributed by atoms with E-state index in [9.17, 15) is 23.1 Å². The Kier molecular flexibility index (Phi) is 7.50.